The number of amides is 1. The van der Waals surface area contributed by atoms with Gasteiger partial charge in [-0.25, -0.2) is 4.68 Å². The van der Waals surface area contributed by atoms with Gasteiger partial charge in [0.05, 0.1) is 22.7 Å². The van der Waals surface area contributed by atoms with Crippen LogP contribution in [-0.2, 0) is 11.0 Å². The first-order valence-electron chi connectivity index (χ1n) is 9.42. The minimum Gasteiger partial charge on any atom is -0.323 e. The predicted molar refractivity (Wildman–Crippen MR) is 114 cm³/mol. The lowest BCUT2D eigenvalue weighted by molar-refractivity contribution is -0.137. The van der Waals surface area contributed by atoms with Crippen LogP contribution in [0.4, 0.5) is 18.9 Å². The number of benzene rings is 2. The summed E-state index contributed by atoms with van der Waals surface area (Å²) in [7, 11) is 0. The SMILES string of the molecule is Cc1ccc(-n2cnnc2SCC(=O)Nc2cc(C(F)(F)F)ccc2-n2cccn2)cc1. The fraction of sp³-hybridized carbons (Fsp3) is 0.143. The number of carbonyl (C=O) groups excluding carboxylic acids is 1. The second-order valence-corrected chi connectivity index (χ2v) is 7.78. The zero-order valence-electron chi connectivity index (χ0n) is 16.7. The minimum absolute atomic E-state index is 0.00845. The minimum atomic E-state index is -4.54. The van der Waals surface area contributed by atoms with E-state index in [4.69, 9.17) is 0 Å². The molecule has 0 aliphatic heterocycles. The maximum absolute atomic E-state index is 13.2. The van der Waals surface area contributed by atoms with Crippen LogP contribution in [0.1, 0.15) is 11.1 Å². The fourth-order valence-electron chi connectivity index (χ4n) is 2.95. The van der Waals surface area contributed by atoms with Crippen molar-refractivity contribution in [2.24, 2.45) is 0 Å². The molecule has 2 heterocycles. The van der Waals surface area contributed by atoms with E-state index in [2.05, 4.69) is 20.6 Å². The molecule has 0 atom stereocenters. The summed E-state index contributed by atoms with van der Waals surface area (Å²) in [6.07, 6.45) is 0.0724. The molecule has 11 heteroatoms. The molecule has 4 aromatic rings. The zero-order valence-corrected chi connectivity index (χ0v) is 17.6. The standard InChI is InChI=1S/C21H17F3N6OS/c1-14-3-6-16(7-4-14)29-13-25-28-20(29)32-12-19(31)27-17-11-15(21(22,23)24)5-8-18(17)30-10-2-9-26-30/h2-11,13H,12H2,1H3,(H,27,31). The van der Waals surface area contributed by atoms with E-state index in [9.17, 15) is 18.0 Å². The number of halogens is 3. The number of anilines is 1. The van der Waals surface area contributed by atoms with Gasteiger partial charge in [0.25, 0.3) is 0 Å². The number of thioether (sulfide) groups is 1. The van der Waals surface area contributed by atoms with Crippen molar-refractivity contribution in [2.45, 2.75) is 18.3 Å². The van der Waals surface area contributed by atoms with Crippen molar-refractivity contribution in [2.75, 3.05) is 11.1 Å². The summed E-state index contributed by atoms with van der Waals surface area (Å²) in [6, 6.07) is 12.5. The fourth-order valence-corrected chi connectivity index (χ4v) is 3.67. The van der Waals surface area contributed by atoms with E-state index < -0.39 is 17.6 Å². The number of aromatic nitrogens is 5. The molecule has 2 aromatic heterocycles. The average Bonchev–Trinajstić information content (AvgIpc) is 3.44. The molecule has 0 spiro atoms. The maximum Gasteiger partial charge on any atom is 0.416 e. The monoisotopic (exact) mass is 458 g/mol. The van der Waals surface area contributed by atoms with Gasteiger partial charge in [0.1, 0.15) is 6.33 Å². The van der Waals surface area contributed by atoms with Crippen LogP contribution in [0.25, 0.3) is 11.4 Å². The largest absolute Gasteiger partial charge is 0.416 e. The second kappa shape index (κ2) is 8.87. The molecular formula is C21H17F3N6OS. The van der Waals surface area contributed by atoms with Crippen LogP contribution >= 0.6 is 11.8 Å². The summed E-state index contributed by atoms with van der Waals surface area (Å²) in [6.45, 7) is 1.97. The van der Waals surface area contributed by atoms with Gasteiger partial charge in [0.15, 0.2) is 5.16 Å². The van der Waals surface area contributed by atoms with Crippen molar-refractivity contribution in [1.82, 2.24) is 24.5 Å². The molecule has 7 nitrogen and oxygen atoms in total. The molecule has 2 aromatic carbocycles. The lowest BCUT2D eigenvalue weighted by atomic mass is 10.1. The van der Waals surface area contributed by atoms with E-state index in [1.807, 2.05) is 31.2 Å². The normalized spacial score (nSPS) is 11.5. The summed E-state index contributed by atoms with van der Waals surface area (Å²) in [5.74, 6) is -0.555. The Morgan fingerprint density at radius 1 is 1.16 bits per heavy atom. The number of hydrogen-bond acceptors (Lipinski definition) is 5. The third-order valence-corrected chi connectivity index (χ3v) is 5.45. The van der Waals surface area contributed by atoms with Crippen LogP contribution in [0.5, 0.6) is 0 Å². The van der Waals surface area contributed by atoms with E-state index >= 15 is 0 Å². The molecule has 0 saturated carbocycles. The highest BCUT2D eigenvalue weighted by Gasteiger charge is 2.31. The van der Waals surface area contributed by atoms with Crippen molar-refractivity contribution in [3.8, 4) is 11.4 Å². The first kappa shape index (κ1) is 21.6. The zero-order chi connectivity index (χ0) is 22.7. The lowest BCUT2D eigenvalue weighted by Crippen LogP contribution is -2.17. The van der Waals surface area contributed by atoms with Gasteiger partial charge in [-0.1, -0.05) is 29.5 Å². The van der Waals surface area contributed by atoms with Crippen LogP contribution < -0.4 is 5.32 Å². The van der Waals surface area contributed by atoms with E-state index in [0.29, 0.717) is 10.8 Å². The highest BCUT2D eigenvalue weighted by molar-refractivity contribution is 7.99. The van der Waals surface area contributed by atoms with E-state index in [1.165, 1.54) is 23.3 Å². The van der Waals surface area contributed by atoms with Crippen LogP contribution in [0, 0.1) is 6.92 Å². The summed E-state index contributed by atoms with van der Waals surface area (Å²) in [5, 5.41) is 15.0. The van der Waals surface area contributed by atoms with Crippen LogP contribution in [-0.4, -0.2) is 36.2 Å². The molecular weight excluding hydrogens is 441 g/mol. The first-order chi connectivity index (χ1) is 15.3. The lowest BCUT2D eigenvalue weighted by Gasteiger charge is -2.14. The highest BCUT2D eigenvalue weighted by Crippen LogP contribution is 2.33. The Morgan fingerprint density at radius 2 is 1.94 bits per heavy atom. The molecule has 0 aliphatic rings. The van der Waals surface area contributed by atoms with Gasteiger partial charge in [-0.15, -0.1) is 10.2 Å². The Labute approximate surface area is 185 Å². The smallest absolute Gasteiger partial charge is 0.323 e. The number of rotatable bonds is 6. The molecule has 0 saturated heterocycles. The number of carbonyl (C=O) groups is 1. The predicted octanol–water partition coefficient (Wildman–Crippen LogP) is 4.51. The second-order valence-electron chi connectivity index (χ2n) is 6.84. The summed E-state index contributed by atoms with van der Waals surface area (Å²) in [4.78, 5) is 12.6. The number of nitrogens with one attached hydrogen (secondary N) is 1. The molecule has 164 valence electrons. The molecule has 4 rings (SSSR count). The number of nitrogens with zero attached hydrogens (tertiary/aromatic N) is 5. The van der Waals surface area contributed by atoms with Crippen LogP contribution in [0.3, 0.4) is 0 Å². The van der Waals surface area contributed by atoms with Gasteiger partial charge in [0, 0.05) is 18.1 Å². The van der Waals surface area contributed by atoms with Gasteiger partial charge in [-0.3, -0.25) is 9.36 Å². The first-order valence-corrected chi connectivity index (χ1v) is 10.4. The van der Waals surface area contributed by atoms with Gasteiger partial charge in [0.2, 0.25) is 5.91 Å². The van der Waals surface area contributed by atoms with Crippen molar-refractivity contribution >= 4 is 23.4 Å². The number of alkyl halides is 3. The van der Waals surface area contributed by atoms with Gasteiger partial charge in [-0.2, -0.15) is 18.3 Å². The molecule has 0 aliphatic carbocycles. The molecule has 0 radical (unpaired) electrons. The Balaban J connectivity index is 1.51. The van der Waals surface area contributed by atoms with E-state index in [-0.39, 0.29) is 11.4 Å². The van der Waals surface area contributed by atoms with Gasteiger partial charge >= 0.3 is 6.18 Å². The van der Waals surface area contributed by atoms with E-state index in [0.717, 1.165) is 35.1 Å². The molecule has 0 unspecified atom stereocenters. The van der Waals surface area contributed by atoms with Crippen molar-refractivity contribution in [1.29, 1.82) is 0 Å². The molecule has 0 bridgehead atoms. The highest BCUT2D eigenvalue weighted by atomic mass is 32.2. The van der Waals surface area contributed by atoms with E-state index in [1.54, 1.807) is 16.8 Å². The van der Waals surface area contributed by atoms with Crippen molar-refractivity contribution in [3.05, 3.63) is 78.4 Å². The average molecular weight is 458 g/mol. The molecule has 1 amide bonds. The molecule has 1 N–H and O–H groups in total. The third-order valence-electron chi connectivity index (χ3n) is 4.51. The van der Waals surface area contributed by atoms with Crippen molar-refractivity contribution < 1.29 is 18.0 Å². The van der Waals surface area contributed by atoms with Gasteiger partial charge < -0.3 is 5.32 Å². The Kier molecular flexibility index (Phi) is 5.99. The van der Waals surface area contributed by atoms with Crippen LogP contribution in [0.2, 0.25) is 0 Å². The summed E-state index contributed by atoms with van der Waals surface area (Å²) in [5.41, 5.74) is 1.40. The third kappa shape index (κ3) is 4.83. The number of aryl methyl sites for hydroxylation is 1. The maximum atomic E-state index is 13.2. The van der Waals surface area contributed by atoms with Crippen molar-refractivity contribution in [3.63, 3.8) is 0 Å². The summed E-state index contributed by atoms with van der Waals surface area (Å²) >= 11 is 1.13. The quantitative estimate of drug-likeness (QED) is 0.430. The Hall–Kier alpha value is -3.60. The summed E-state index contributed by atoms with van der Waals surface area (Å²) < 4.78 is 42.7. The van der Waals surface area contributed by atoms with Gasteiger partial charge in [-0.05, 0) is 43.3 Å². The molecule has 32 heavy (non-hydrogen) atoms. The Bertz CT molecular complexity index is 1220. The Morgan fingerprint density at radius 3 is 2.62 bits per heavy atom. The van der Waals surface area contributed by atoms with Crippen LogP contribution in [0.15, 0.2) is 72.4 Å². The molecule has 0 fully saturated rings. The topological polar surface area (TPSA) is 77.6 Å². The number of hydrogen-bond donors (Lipinski definition) is 1.